The molecule has 3 aromatic heterocycles. The molecule has 4 nitrogen and oxygen atoms in total. The zero-order valence-corrected chi connectivity index (χ0v) is 28.6. The first-order valence-electron chi connectivity index (χ1n) is 17.4. The quantitative estimate of drug-likeness (QED) is 0.174. The Labute approximate surface area is 302 Å². The fourth-order valence-electron chi connectivity index (χ4n) is 7.73. The number of fused-ring (bicyclic) bond motifs is 9. The van der Waals surface area contributed by atoms with Gasteiger partial charge in [-0.3, -0.25) is 0 Å². The molecule has 3 heterocycles. The van der Waals surface area contributed by atoms with E-state index in [1.165, 1.54) is 31.1 Å². The summed E-state index contributed by atoms with van der Waals surface area (Å²) in [4.78, 5) is 15.6. The van der Waals surface area contributed by atoms with Crippen LogP contribution in [-0.2, 0) is 0 Å². The number of thiophene rings is 1. The van der Waals surface area contributed by atoms with Gasteiger partial charge < -0.3 is 4.42 Å². The van der Waals surface area contributed by atoms with E-state index in [0.717, 1.165) is 60.4 Å². The Hall–Kier alpha value is -6.69. The standard InChI is InChI=1S/C47H27N3OS/c1-2-12-32-28(10-1)22-25-30-11-7-17-37(42(30)32)46-48-45(49-47(50-46)38-18-8-16-35-34-13-3-5-19-39(34)51-44(35)38)31-26-23-29(24-27-31)33-15-9-21-41-43(33)36-14-4-6-20-40(36)52-41/h1-27H. The van der Waals surface area contributed by atoms with Crippen LogP contribution in [0.1, 0.15) is 0 Å². The van der Waals surface area contributed by atoms with Gasteiger partial charge >= 0.3 is 0 Å². The van der Waals surface area contributed by atoms with Crippen molar-refractivity contribution < 1.29 is 4.42 Å². The average molecular weight is 682 g/mol. The highest BCUT2D eigenvalue weighted by atomic mass is 32.1. The largest absolute Gasteiger partial charge is 0.455 e. The van der Waals surface area contributed by atoms with Crippen molar-refractivity contribution in [3.63, 3.8) is 0 Å². The van der Waals surface area contributed by atoms with E-state index in [1.807, 2.05) is 35.6 Å². The van der Waals surface area contributed by atoms with Crippen molar-refractivity contribution in [1.29, 1.82) is 0 Å². The molecule has 0 aliphatic carbocycles. The highest BCUT2D eigenvalue weighted by Crippen LogP contribution is 2.41. The molecule has 0 spiro atoms. The van der Waals surface area contributed by atoms with Crippen LogP contribution in [0.5, 0.6) is 0 Å². The topological polar surface area (TPSA) is 51.8 Å². The van der Waals surface area contributed by atoms with Crippen LogP contribution in [0.4, 0.5) is 0 Å². The second-order valence-corrected chi connectivity index (χ2v) is 14.2. The first kappa shape index (κ1) is 29.1. The van der Waals surface area contributed by atoms with Gasteiger partial charge in [-0.1, -0.05) is 140 Å². The first-order chi connectivity index (χ1) is 25.8. The summed E-state index contributed by atoms with van der Waals surface area (Å²) in [7, 11) is 0. The number of hydrogen-bond donors (Lipinski definition) is 0. The van der Waals surface area contributed by atoms with E-state index in [1.54, 1.807) is 0 Å². The molecule has 0 radical (unpaired) electrons. The second kappa shape index (κ2) is 11.4. The van der Waals surface area contributed by atoms with Gasteiger partial charge in [-0.05, 0) is 51.6 Å². The summed E-state index contributed by atoms with van der Waals surface area (Å²) in [6.45, 7) is 0. The Balaban J connectivity index is 1.13. The molecule has 0 fully saturated rings. The highest BCUT2D eigenvalue weighted by molar-refractivity contribution is 7.25. The molecule has 0 atom stereocenters. The van der Waals surface area contributed by atoms with E-state index >= 15 is 0 Å². The minimum atomic E-state index is 0.570. The van der Waals surface area contributed by atoms with Gasteiger partial charge in [0.2, 0.25) is 0 Å². The summed E-state index contributed by atoms with van der Waals surface area (Å²) in [6.07, 6.45) is 0. The summed E-state index contributed by atoms with van der Waals surface area (Å²) in [6, 6.07) is 57.4. The Morgan fingerprint density at radius 1 is 0.365 bits per heavy atom. The Morgan fingerprint density at radius 2 is 0.962 bits per heavy atom. The van der Waals surface area contributed by atoms with Crippen LogP contribution in [0.3, 0.4) is 0 Å². The van der Waals surface area contributed by atoms with E-state index in [2.05, 4.69) is 140 Å². The van der Waals surface area contributed by atoms with Gasteiger partial charge in [0.05, 0.1) is 5.56 Å². The molecule has 11 rings (SSSR count). The first-order valence-corrected chi connectivity index (χ1v) is 18.2. The van der Waals surface area contributed by atoms with Gasteiger partial charge in [0.1, 0.15) is 11.2 Å². The third kappa shape index (κ3) is 4.50. The van der Waals surface area contributed by atoms with Gasteiger partial charge in [-0.25, -0.2) is 15.0 Å². The van der Waals surface area contributed by atoms with Gasteiger partial charge in [0.15, 0.2) is 17.5 Å². The van der Waals surface area contributed by atoms with Crippen LogP contribution >= 0.6 is 11.3 Å². The smallest absolute Gasteiger partial charge is 0.167 e. The summed E-state index contributed by atoms with van der Waals surface area (Å²) in [5, 5.41) is 9.28. The van der Waals surface area contributed by atoms with Crippen molar-refractivity contribution in [3.8, 4) is 45.3 Å². The number of aromatic nitrogens is 3. The van der Waals surface area contributed by atoms with E-state index in [4.69, 9.17) is 19.4 Å². The number of benzene rings is 8. The minimum absolute atomic E-state index is 0.570. The molecule has 0 amide bonds. The molecule has 0 aliphatic rings. The fraction of sp³-hybridized carbons (Fsp3) is 0. The lowest BCUT2D eigenvalue weighted by Crippen LogP contribution is -2.01. The van der Waals surface area contributed by atoms with Gasteiger partial charge in [-0.2, -0.15) is 0 Å². The summed E-state index contributed by atoms with van der Waals surface area (Å²) >= 11 is 1.84. The lowest BCUT2D eigenvalue weighted by Gasteiger charge is -2.12. The molecule has 0 saturated carbocycles. The maximum Gasteiger partial charge on any atom is 0.167 e. The van der Waals surface area contributed by atoms with Crippen LogP contribution in [-0.4, -0.2) is 15.0 Å². The average Bonchev–Trinajstić information content (AvgIpc) is 3.79. The zero-order valence-electron chi connectivity index (χ0n) is 27.7. The van der Waals surface area contributed by atoms with E-state index < -0.39 is 0 Å². The van der Waals surface area contributed by atoms with E-state index in [-0.39, 0.29) is 0 Å². The molecule has 242 valence electrons. The zero-order chi connectivity index (χ0) is 34.2. The Kier molecular flexibility index (Phi) is 6.39. The van der Waals surface area contributed by atoms with Gasteiger partial charge in [0, 0.05) is 47.5 Å². The molecule has 52 heavy (non-hydrogen) atoms. The summed E-state index contributed by atoms with van der Waals surface area (Å²) < 4.78 is 9.07. The number of nitrogens with zero attached hydrogens (tertiary/aromatic N) is 3. The number of rotatable bonds is 4. The SMILES string of the molecule is c1ccc2c(c1)ccc1cccc(-c3nc(-c4ccc(-c5cccc6sc7ccccc7c56)cc4)nc(-c4cccc5c4oc4ccccc45)n3)c12. The van der Waals surface area contributed by atoms with Gasteiger partial charge in [0.25, 0.3) is 0 Å². The molecule has 0 unspecified atom stereocenters. The van der Waals surface area contributed by atoms with Crippen LogP contribution < -0.4 is 0 Å². The van der Waals surface area contributed by atoms with Crippen molar-refractivity contribution in [2.45, 2.75) is 0 Å². The molecule has 11 aromatic rings. The Bertz CT molecular complexity index is 3190. The summed E-state index contributed by atoms with van der Waals surface area (Å²) in [5.41, 5.74) is 6.68. The molecule has 5 heteroatoms. The molecule has 0 bridgehead atoms. The molecular formula is C47H27N3OS. The fourth-order valence-corrected chi connectivity index (χ4v) is 8.86. The van der Waals surface area contributed by atoms with Crippen molar-refractivity contribution in [2.75, 3.05) is 0 Å². The molecular weight excluding hydrogens is 655 g/mol. The van der Waals surface area contributed by atoms with Crippen molar-refractivity contribution in [1.82, 2.24) is 15.0 Å². The highest BCUT2D eigenvalue weighted by Gasteiger charge is 2.19. The van der Waals surface area contributed by atoms with Crippen molar-refractivity contribution in [2.24, 2.45) is 0 Å². The lowest BCUT2D eigenvalue weighted by molar-refractivity contribution is 0.669. The maximum atomic E-state index is 6.48. The van der Waals surface area contributed by atoms with Crippen molar-refractivity contribution >= 4 is 75.0 Å². The normalized spacial score (nSPS) is 11.8. The molecule has 0 aliphatic heterocycles. The molecule has 8 aromatic carbocycles. The van der Waals surface area contributed by atoms with Crippen LogP contribution in [0.15, 0.2) is 168 Å². The predicted octanol–water partition coefficient (Wildman–Crippen LogP) is 13.1. The van der Waals surface area contributed by atoms with E-state index in [0.29, 0.717) is 17.5 Å². The third-order valence-electron chi connectivity index (χ3n) is 10.1. The predicted molar refractivity (Wildman–Crippen MR) is 217 cm³/mol. The van der Waals surface area contributed by atoms with Crippen LogP contribution in [0.2, 0.25) is 0 Å². The molecule has 0 saturated heterocycles. The number of hydrogen-bond acceptors (Lipinski definition) is 5. The van der Waals surface area contributed by atoms with Gasteiger partial charge in [-0.15, -0.1) is 11.3 Å². The molecule has 0 N–H and O–H groups in total. The number of para-hydroxylation sites is 2. The van der Waals surface area contributed by atoms with Crippen molar-refractivity contribution in [3.05, 3.63) is 164 Å². The monoisotopic (exact) mass is 681 g/mol. The maximum absolute atomic E-state index is 6.48. The van der Waals surface area contributed by atoms with E-state index in [9.17, 15) is 0 Å². The van der Waals surface area contributed by atoms with Crippen LogP contribution in [0.25, 0.3) is 109 Å². The van der Waals surface area contributed by atoms with Crippen LogP contribution in [0, 0.1) is 0 Å². The second-order valence-electron chi connectivity index (χ2n) is 13.1. The third-order valence-corrected chi connectivity index (χ3v) is 11.3. The minimum Gasteiger partial charge on any atom is -0.455 e. The summed E-state index contributed by atoms with van der Waals surface area (Å²) in [5.74, 6) is 1.80. The lowest BCUT2D eigenvalue weighted by atomic mass is 9.97. The number of furan rings is 1. The Morgan fingerprint density at radius 3 is 1.87 bits per heavy atom.